The second-order valence-electron chi connectivity index (χ2n) is 5.85. The number of carboxylic acid groups (broad SMARTS) is 1. The summed E-state index contributed by atoms with van der Waals surface area (Å²) >= 11 is 0. The molecule has 0 unspecified atom stereocenters. The van der Waals surface area contributed by atoms with Gasteiger partial charge in [-0.25, -0.2) is 4.39 Å². The van der Waals surface area contributed by atoms with E-state index in [0.29, 0.717) is 18.4 Å². The van der Waals surface area contributed by atoms with Gasteiger partial charge in [-0.3, -0.25) is 9.59 Å². The molecule has 0 aliphatic heterocycles. The minimum absolute atomic E-state index is 0.0940. The largest absolute Gasteiger partial charge is 0.481 e. The molecule has 1 amide bonds. The molecule has 1 fully saturated rings. The molecule has 0 heterocycles. The number of aryl methyl sites for hydroxylation is 1. The van der Waals surface area contributed by atoms with Crippen molar-refractivity contribution in [3.8, 4) is 0 Å². The van der Waals surface area contributed by atoms with Gasteiger partial charge >= 0.3 is 5.97 Å². The second-order valence-corrected chi connectivity index (χ2v) is 5.85. The topological polar surface area (TPSA) is 66.4 Å². The molecular formula is C16H20FNO3. The van der Waals surface area contributed by atoms with Crippen LogP contribution in [0.25, 0.3) is 0 Å². The van der Waals surface area contributed by atoms with Gasteiger partial charge in [-0.2, -0.15) is 0 Å². The predicted octanol–water partition coefficient (Wildman–Crippen LogP) is 2.90. The zero-order valence-electron chi connectivity index (χ0n) is 12.1. The molecule has 0 aromatic heterocycles. The number of aliphatic carboxylic acids is 1. The van der Waals surface area contributed by atoms with Crippen LogP contribution in [0.1, 0.15) is 48.0 Å². The van der Waals surface area contributed by atoms with Crippen LogP contribution in [-0.4, -0.2) is 23.5 Å². The minimum atomic E-state index is -0.879. The number of benzene rings is 1. The van der Waals surface area contributed by atoms with Gasteiger partial charge in [0.1, 0.15) is 5.82 Å². The predicted molar refractivity (Wildman–Crippen MR) is 76.6 cm³/mol. The van der Waals surface area contributed by atoms with Gasteiger partial charge in [0.2, 0.25) is 0 Å². The van der Waals surface area contributed by atoms with Gasteiger partial charge in [0.15, 0.2) is 0 Å². The number of rotatable bonds is 4. The molecule has 1 aliphatic carbocycles. The van der Waals surface area contributed by atoms with Crippen LogP contribution in [0.3, 0.4) is 0 Å². The van der Waals surface area contributed by atoms with Crippen molar-refractivity contribution in [1.82, 2.24) is 5.32 Å². The number of nitrogens with one attached hydrogen (secondary N) is 1. The van der Waals surface area contributed by atoms with Crippen LogP contribution in [-0.2, 0) is 4.79 Å². The van der Waals surface area contributed by atoms with E-state index in [0.717, 1.165) is 25.3 Å². The summed E-state index contributed by atoms with van der Waals surface area (Å²) in [6.45, 7) is 1.80. The lowest BCUT2D eigenvalue weighted by atomic mass is 9.74. The van der Waals surface area contributed by atoms with E-state index in [1.165, 1.54) is 6.07 Å². The normalized spacial score (nSPS) is 17.2. The molecule has 1 aliphatic rings. The average molecular weight is 293 g/mol. The standard InChI is InChI=1S/C16H20FNO3/c1-11-7-12(9-13(17)8-11)14(19)18-10-16(15(20)21)5-3-2-4-6-16/h7-9H,2-6,10H2,1H3,(H,18,19)(H,20,21). The Morgan fingerprint density at radius 2 is 1.90 bits per heavy atom. The minimum Gasteiger partial charge on any atom is -0.481 e. The first-order valence-electron chi connectivity index (χ1n) is 7.22. The molecule has 1 aromatic carbocycles. The molecule has 1 aromatic rings. The summed E-state index contributed by atoms with van der Waals surface area (Å²) in [5, 5.41) is 12.1. The number of amides is 1. The van der Waals surface area contributed by atoms with Crippen molar-refractivity contribution in [2.45, 2.75) is 39.0 Å². The summed E-state index contributed by atoms with van der Waals surface area (Å²) in [5.41, 5.74) is 0.00521. The average Bonchev–Trinajstić information content (AvgIpc) is 2.44. The summed E-state index contributed by atoms with van der Waals surface area (Å²) in [6.07, 6.45) is 3.91. The highest BCUT2D eigenvalue weighted by Gasteiger charge is 2.39. The molecule has 0 radical (unpaired) electrons. The Balaban J connectivity index is 2.06. The summed E-state index contributed by atoms with van der Waals surface area (Å²) in [5.74, 6) is -1.76. The fourth-order valence-corrected chi connectivity index (χ4v) is 2.91. The van der Waals surface area contributed by atoms with Crippen LogP contribution in [0.15, 0.2) is 18.2 Å². The summed E-state index contributed by atoms with van der Waals surface area (Å²) in [6, 6.07) is 4.10. The third-order valence-electron chi connectivity index (χ3n) is 4.16. The quantitative estimate of drug-likeness (QED) is 0.897. The zero-order valence-corrected chi connectivity index (χ0v) is 12.1. The van der Waals surface area contributed by atoms with Gasteiger partial charge in [-0.05, 0) is 43.5 Å². The van der Waals surface area contributed by atoms with Crippen molar-refractivity contribution < 1.29 is 19.1 Å². The van der Waals surface area contributed by atoms with Gasteiger partial charge in [-0.1, -0.05) is 19.3 Å². The monoisotopic (exact) mass is 293 g/mol. The lowest BCUT2D eigenvalue weighted by molar-refractivity contribution is -0.150. The summed E-state index contributed by atoms with van der Waals surface area (Å²) in [7, 11) is 0. The smallest absolute Gasteiger partial charge is 0.311 e. The zero-order chi connectivity index (χ0) is 15.5. The highest BCUT2D eigenvalue weighted by molar-refractivity contribution is 5.94. The van der Waals surface area contributed by atoms with Gasteiger partial charge in [0.25, 0.3) is 5.91 Å². The summed E-state index contributed by atoms with van der Waals surface area (Å²) in [4.78, 5) is 23.6. The van der Waals surface area contributed by atoms with Crippen molar-refractivity contribution in [1.29, 1.82) is 0 Å². The first-order chi connectivity index (χ1) is 9.93. The Kier molecular flexibility index (Phi) is 4.60. The van der Waals surface area contributed by atoms with Crippen molar-refractivity contribution in [3.63, 3.8) is 0 Å². The highest BCUT2D eigenvalue weighted by Crippen LogP contribution is 2.36. The van der Waals surface area contributed by atoms with E-state index in [-0.39, 0.29) is 12.1 Å². The van der Waals surface area contributed by atoms with Crippen molar-refractivity contribution in [2.75, 3.05) is 6.54 Å². The molecule has 2 rings (SSSR count). The molecule has 0 bridgehead atoms. The fraction of sp³-hybridized carbons (Fsp3) is 0.500. The van der Waals surface area contributed by atoms with E-state index >= 15 is 0 Å². The van der Waals surface area contributed by atoms with Gasteiger partial charge in [-0.15, -0.1) is 0 Å². The molecule has 21 heavy (non-hydrogen) atoms. The van der Waals surface area contributed by atoms with E-state index in [1.54, 1.807) is 13.0 Å². The number of carboxylic acids is 1. The van der Waals surface area contributed by atoms with E-state index < -0.39 is 23.1 Å². The van der Waals surface area contributed by atoms with Crippen molar-refractivity contribution >= 4 is 11.9 Å². The fourth-order valence-electron chi connectivity index (χ4n) is 2.91. The lowest BCUT2D eigenvalue weighted by Crippen LogP contribution is -2.44. The first-order valence-corrected chi connectivity index (χ1v) is 7.22. The Labute approximate surface area is 123 Å². The number of halogens is 1. The summed E-state index contributed by atoms with van der Waals surface area (Å²) < 4.78 is 13.3. The van der Waals surface area contributed by atoms with E-state index in [9.17, 15) is 19.1 Å². The van der Waals surface area contributed by atoms with Crippen molar-refractivity contribution in [3.05, 3.63) is 35.1 Å². The highest BCUT2D eigenvalue weighted by atomic mass is 19.1. The van der Waals surface area contributed by atoms with Crippen LogP contribution >= 0.6 is 0 Å². The van der Waals surface area contributed by atoms with E-state index in [2.05, 4.69) is 5.32 Å². The Hall–Kier alpha value is -1.91. The van der Waals surface area contributed by atoms with Crippen LogP contribution in [0.5, 0.6) is 0 Å². The Bertz CT molecular complexity index is 530. The van der Waals surface area contributed by atoms with Gasteiger partial charge < -0.3 is 10.4 Å². The van der Waals surface area contributed by atoms with E-state index in [1.807, 2.05) is 0 Å². The lowest BCUT2D eigenvalue weighted by Gasteiger charge is -2.33. The first kappa shape index (κ1) is 15.5. The van der Waals surface area contributed by atoms with Crippen LogP contribution in [0.2, 0.25) is 0 Å². The number of hydrogen-bond acceptors (Lipinski definition) is 2. The van der Waals surface area contributed by atoms with E-state index in [4.69, 9.17) is 0 Å². The number of carbonyl (C=O) groups is 2. The Morgan fingerprint density at radius 1 is 1.24 bits per heavy atom. The maximum absolute atomic E-state index is 13.3. The van der Waals surface area contributed by atoms with Gasteiger partial charge in [0.05, 0.1) is 5.41 Å². The third-order valence-corrected chi connectivity index (χ3v) is 4.16. The van der Waals surface area contributed by atoms with Crippen LogP contribution in [0, 0.1) is 18.2 Å². The molecule has 0 saturated heterocycles. The molecule has 0 atom stereocenters. The Morgan fingerprint density at radius 3 is 2.48 bits per heavy atom. The number of hydrogen-bond donors (Lipinski definition) is 2. The van der Waals surface area contributed by atoms with Crippen LogP contribution in [0.4, 0.5) is 4.39 Å². The number of carbonyl (C=O) groups excluding carboxylic acids is 1. The molecule has 0 spiro atoms. The van der Waals surface area contributed by atoms with Gasteiger partial charge in [0, 0.05) is 12.1 Å². The molecule has 5 heteroatoms. The second kappa shape index (κ2) is 6.24. The molecule has 2 N–H and O–H groups in total. The maximum Gasteiger partial charge on any atom is 0.311 e. The maximum atomic E-state index is 13.3. The SMILES string of the molecule is Cc1cc(F)cc(C(=O)NCC2(C(=O)O)CCCCC2)c1. The van der Waals surface area contributed by atoms with Crippen LogP contribution < -0.4 is 5.32 Å². The third kappa shape index (κ3) is 3.60. The molecule has 4 nitrogen and oxygen atoms in total. The molecule has 114 valence electrons. The van der Waals surface area contributed by atoms with Crippen molar-refractivity contribution in [2.24, 2.45) is 5.41 Å². The molecular weight excluding hydrogens is 273 g/mol. The molecule has 1 saturated carbocycles.